The molecule has 0 spiro atoms. The molecule has 35 heavy (non-hydrogen) atoms. The predicted molar refractivity (Wildman–Crippen MR) is 155 cm³/mol. The van der Waals surface area contributed by atoms with Crippen molar-refractivity contribution in [3.8, 4) is 5.75 Å². The number of nitrogens with zero attached hydrogens (tertiary/aromatic N) is 1. The lowest BCUT2D eigenvalue weighted by atomic mass is 9.61. The fraction of sp³-hybridized carbons (Fsp3) is 0.469. The molecule has 1 aliphatic heterocycles. The number of hydrogen-bond donors (Lipinski definition) is 1. The number of fused-ring (bicyclic) bond motifs is 1. The van der Waals surface area contributed by atoms with Gasteiger partial charge >= 0.3 is 0 Å². The summed E-state index contributed by atoms with van der Waals surface area (Å²) in [5, 5.41) is 14.3. The molecule has 2 unspecified atom stereocenters. The van der Waals surface area contributed by atoms with Crippen molar-refractivity contribution < 1.29 is 5.11 Å². The van der Waals surface area contributed by atoms with Crippen LogP contribution in [0.15, 0.2) is 65.7 Å². The van der Waals surface area contributed by atoms with Gasteiger partial charge < -0.3 is 5.11 Å². The van der Waals surface area contributed by atoms with Crippen LogP contribution in [0.1, 0.15) is 79.9 Å². The molecule has 0 amide bonds. The highest BCUT2D eigenvalue weighted by Crippen LogP contribution is 2.68. The van der Waals surface area contributed by atoms with E-state index in [0.29, 0.717) is 5.75 Å². The maximum Gasteiger partial charge on any atom is 0.123 e. The zero-order valence-electron chi connectivity index (χ0n) is 23.0. The molecule has 1 saturated heterocycles. The van der Waals surface area contributed by atoms with Crippen LogP contribution >= 0.6 is 7.92 Å². The number of rotatable bonds is 2. The molecule has 4 rings (SSSR count). The summed E-state index contributed by atoms with van der Waals surface area (Å²) in [5.41, 5.74) is 3.78. The van der Waals surface area contributed by atoms with Crippen molar-refractivity contribution in [1.29, 1.82) is 0 Å². The average Bonchev–Trinajstić information content (AvgIpc) is 3.14. The smallest absolute Gasteiger partial charge is 0.123 e. The molecule has 1 fully saturated rings. The molecule has 2 atom stereocenters. The van der Waals surface area contributed by atoms with Crippen LogP contribution in [0.2, 0.25) is 0 Å². The third-order valence-corrected chi connectivity index (χ3v) is 11.0. The number of aliphatic imine (C=N–C) groups is 1. The van der Waals surface area contributed by atoms with Gasteiger partial charge in [-0.25, -0.2) is 0 Å². The van der Waals surface area contributed by atoms with Crippen molar-refractivity contribution in [3.05, 3.63) is 71.8 Å². The molecule has 2 nitrogen and oxygen atoms in total. The Bertz CT molecular complexity index is 1260. The Hall–Kier alpha value is -2.18. The van der Waals surface area contributed by atoms with Crippen molar-refractivity contribution >= 4 is 29.8 Å². The maximum atomic E-state index is 11.8. The van der Waals surface area contributed by atoms with Gasteiger partial charge in [-0.2, -0.15) is 0 Å². The van der Waals surface area contributed by atoms with Crippen LogP contribution in [0.4, 0.5) is 5.69 Å². The highest BCUT2D eigenvalue weighted by Gasteiger charge is 2.57. The zero-order chi connectivity index (χ0) is 25.8. The van der Waals surface area contributed by atoms with E-state index in [1.165, 1.54) is 16.2 Å². The number of phenolic OH excluding ortho intramolecular Hbond substituents is 1. The van der Waals surface area contributed by atoms with Crippen molar-refractivity contribution in [2.75, 3.05) is 6.16 Å². The van der Waals surface area contributed by atoms with Gasteiger partial charge in [0.05, 0.1) is 11.1 Å². The second-order valence-electron chi connectivity index (χ2n) is 13.1. The summed E-state index contributed by atoms with van der Waals surface area (Å²) < 4.78 is 0. The summed E-state index contributed by atoms with van der Waals surface area (Å²) in [5.74, 6) is 0.450. The van der Waals surface area contributed by atoms with Crippen LogP contribution in [0, 0.1) is 5.41 Å². The fourth-order valence-corrected chi connectivity index (χ4v) is 9.15. The van der Waals surface area contributed by atoms with Crippen LogP contribution in [0.5, 0.6) is 5.75 Å². The van der Waals surface area contributed by atoms with Crippen molar-refractivity contribution in [2.45, 2.75) is 84.7 Å². The minimum absolute atomic E-state index is 0.118. The lowest BCUT2D eigenvalue weighted by molar-refractivity contribution is 0.252. The summed E-state index contributed by atoms with van der Waals surface area (Å²) in [6.07, 6.45) is 2.13. The van der Waals surface area contributed by atoms with Gasteiger partial charge in [0.1, 0.15) is 5.75 Å². The van der Waals surface area contributed by atoms with Gasteiger partial charge in [0.25, 0.3) is 0 Å². The Balaban J connectivity index is 2.08. The van der Waals surface area contributed by atoms with E-state index in [1.54, 1.807) is 0 Å². The normalized spacial score (nSPS) is 22.8. The predicted octanol–water partition coefficient (Wildman–Crippen LogP) is 9.54. The first-order chi connectivity index (χ1) is 16.2. The second-order valence-corrected chi connectivity index (χ2v) is 16.2. The highest BCUT2D eigenvalue weighted by molar-refractivity contribution is 7.77. The number of phenols is 1. The monoisotopic (exact) mass is 487 g/mol. The van der Waals surface area contributed by atoms with Gasteiger partial charge in [0.15, 0.2) is 0 Å². The van der Waals surface area contributed by atoms with Gasteiger partial charge in [0, 0.05) is 16.4 Å². The van der Waals surface area contributed by atoms with E-state index in [2.05, 4.69) is 123 Å². The zero-order valence-corrected chi connectivity index (χ0v) is 23.9. The van der Waals surface area contributed by atoms with Gasteiger partial charge in [-0.05, 0) is 45.6 Å². The van der Waals surface area contributed by atoms with Crippen LogP contribution in [-0.4, -0.2) is 21.9 Å². The minimum Gasteiger partial charge on any atom is -0.507 e. The molecule has 3 heteroatoms. The molecular weight excluding hydrogens is 445 g/mol. The average molecular weight is 488 g/mol. The Morgan fingerprint density at radius 2 is 1.43 bits per heavy atom. The van der Waals surface area contributed by atoms with Crippen molar-refractivity contribution in [2.24, 2.45) is 10.4 Å². The quantitative estimate of drug-likeness (QED) is 0.359. The first-order valence-corrected chi connectivity index (χ1v) is 14.4. The SMILES string of the molecule is CC(C)(C)c1cccc(C2(C(C)(C)C)CCP(C(C)(C)C)C2=Nc2cccc3ccccc23)c1O. The van der Waals surface area contributed by atoms with E-state index in [0.717, 1.165) is 29.4 Å². The summed E-state index contributed by atoms with van der Waals surface area (Å²) >= 11 is 0. The Morgan fingerprint density at radius 1 is 0.800 bits per heavy atom. The maximum absolute atomic E-state index is 11.8. The minimum atomic E-state index is -0.516. The van der Waals surface area contributed by atoms with E-state index in [4.69, 9.17) is 4.99 Å². The number of para-hydroxylation sites is 1. The topological polar surface area (TPSA) is 32.6 Å². The van der Waals surface area contributed by atoms with E-state index in [-0.39, 0.29) is 21.4 Å². The molecule has 1 heterocycles. The molecule has 0 aromatic heterocycles. The molecule has 1 aliphatic rings. The third-order valence-electron chi connectivity index (χ3n) is 7.73. The Kier molecular flexibility index (Phi) is 6.46. The standard InChI is InChI=1S/C32H42NOP/c1-29(2,3)24-17-13-18-25(27(24)34)32(30(4,5)6)20-21-35(31(7,8)9)28(32)33-26-19-12-15-22-14-10-11-16-23(22)26/h10-19,34H,20-21H2,1-9H3. The van der Waals surface area contributed by atoms with Crippen LogP contribution in [0.25, 0.3) is 10.8 Å². The van der Waals surface area contributed by atoms with Gasteiger partial charge in [-0.1, -0.05) is 125 Å². The van der Waals surface area contributed by atoms with E-state index >= 15 is 0 Å². The molecule has 0 radical (unpaired) electrons. The first kappa shape index (κ1) is 25.9. The lowest BCUT2D eigenvalue weighted by Gasteiger charge is -2.45. The third kappa shape index (κ3) is 4.44. The first-order valence-electron chi connectivity index (χ1n) is 12.9. The number of aromatic hydroxyl groups is 1. The van der Waals surface area contributed by atoms with E-state index in [1.807, 2.05) is 0 Å². The van der Waals surface area contributed by atoms with E-state index in [9.17, 15) is 5.11 Å². The summed E-state index contributed by atoms with van der Waals surface area (Å²) in [4.78, 5) is 5.60. The molecule has 0 saturated carbocycles. The molecule has 3 aromatic carbocycles. The second kappa shape index (κ2) is 8.74. The number of benzene rings is 3. The summed E-state index contributed by atoms with van der Waals surface area (Å²) in [6.45, 7) is 20.6. The summed E-state index contributed by atoms with van der Waals surface area (Å²) in [6, 6.07) is 21.3. The molecule has 186 valence electrons. The van der Waals surface area contributed by atoms with Gasteiger partial charge in [-0.3, -0.25) is 4.99 Å². The van der Waals surface area contributed by atoms with Gasteiger partial charge in [-0.15, -0.1) is 0 Å². The van der Waals surface area contributed by atoms with Crippen molar-refractivity contribution in [3.63, 3.8) is 0 Å². The fourth-order valence-electron chi connectivity index (χ4n) is 5.82. The van der Waals surface area contributed by atoms with Crippen molar-refractivity contribution in [1.82, 2.24) is 0 Å². The molecular formula is C32H42NOP. The Morgan fingerprint density at radius 3 is 2.06 bits per heavy atom. The molecule has 3 aromatic rings. The molecule has 0 bridgehead atoms. The largest absolute Gasteiger partial charge is 0.507 e. The molecule has 0 aliphatic carbocycles. The van der Waals surface area contributed by atoms with Crippen LogP contribution < -0.4 is 0 Å². The molecule has 1 N–H and O–H groups in total. The van der Waals surface area contributed by atoms with E-state index < -0.39 is 7.92 Å². The lowest BCUT2D eigenvalue weighted by Crippen LogP contribution is -2.44. The van der Waals surface area contributed by atoms with Crippen LogP contribution in [0.3, 0.4) is 0 Å². The Labute approximate surface area is 213 Å². The van der Waals surface area contributed by atoms with Crippen LogP contribution in [-0.2, 0) is 10.8 Å². The highest BCUT2D eigenvalue weighted by atomic mass is 31.1. The van der Waals surface area contributed by atoms with Gasteiger partial charge in [0.2, 0.25) is 0 Å². The number of hydrogen-bond acceptors (Lipinski definition) is 2. The summed E-state index contributed by atoms with van der Waals surface area (Å²) in [7, 11) is -0.516.